The summed E-state index contributed by atoms with van der Waals surface area (Å²) in [7, 11) is 3.86. The van der Waals surface area contributed by atoms with Crippen molar-refractivity contribution in [1.29, 1.82) is 5.26 Å². The molecule has 2 N–H and O–H groups in total. The van der Waals surface area contributed by atoms with Gasteiger partial charge in [0.25, 0.3) is 5.70 Å². The highest BCUT2D eigenvalue weighted by Crippen LogP contribution is 2.56. The lowest BCUT2D eigenvalue weighted by atomic mass is 9.69. The molecule has 2 aliphatic rings. The summed E-state index contributed by atoms with van der Waals surface area (Å²) in [4.78, 5) is 5.61. The quantitative estimate of drug-likeness (QED) is 0.0953. The topological polar surface area (TPSA) is 97.9 Å². The van der Waals surface area contributed by atoms with Crippen LogP contribution in [0.5, 0.6) is 11.5 Å². The number of allylic oxidation sites excluding steroid dienone is 3. The van der Waals surface area contributed by atoms with E-state index in [0.29, 0.717) is 27.5 Å². The first-order valence-electron chi connectivity index (χ1n) is 15.9. The molecular formula is C41H32N4O3. The summed E-state index contributed by atoms with van der Waals surface area (Å²) in [6, 6.07) is 28.1. The van der Waals surface area contributed by atoms with E-state index in [1.807, 2.05) is 79.7 Å². The van der Waals surface area contributed by atoms with Gasteiger partial charge in [0.1, 0.15) is 24.6 Å². The number of nitrogens with zero attached hydrogens (tertiary/aromatic N) is 4. The number of rotatable bonds is 4. The number of phenols is 2. The molecular weight excluding hydrogens is 596 g/mol. The molecule has 0 saturated heterocycles. The normalized spacial score (nSPS) is 16.2. The van der Waals surface area contributed by atoms with Crippen LogP contribution in [0.4, 0.5) is 5.69 Å². The van der Waals surface area contributed by atoms with E-state index in [0.717, 1.165) is 52.0 Å². The summed E-state index contributed by atoms with van der Waals surface area (Å²) in [5.41, 5.74) is 6.05. The predicted octanol–water partition coefficient (Wildman–Crippen LogP) is 6.96. The van der Waals surface area contributed by atoms with Crippen LogP contribution < -0.4 is 10.0 Å². The van der Waals surface area contributed by atoms with E-state index < -0.39 is 0 Å². The lowest BCUT2D eigenvalue weighted by molar-refractivity contribution is -0.519. The Hall–Kier alpha value is -6.31. The van der Waals surface area contributed by atoms with Gasteiger partial charge in [-0.3, -0.25) is 0 Å². The van der Waals surface area contributed by atoms with Gasteiger partial charge in [0.15, 0.2) is 0 Å². The minimum absolute atomic E-state index is 0.0000379. The van der Waals surface area contributed by atoms with Crippen LogP contribution in [0.15, 0.2) is 108 Å². The standard InChI is InChI=1S/C41H32N4O3/c1-6-45(7-2)40-26-17-11-9-15-24(26)35(33-28(40)19-13-21-31(33)47)38-36(29(22-42)43-3)37(41(38)48)34-23-14-8-10-16-25(23)39(44(4)5)27-18-12-20-30(46)32(27)34/h8-21H,6-7H2,1-2,4-5H3,(H2-,46,47,48)/b36-29-. The summed E-state index contributed by atoms with van der Waals surface area (Å²) in [6.07, 6.45) is 0. The van der Waals surface area contributed by atoms with Crippen molar-refractivity contribution in [2.75, 3.05) is 32.1 Å². The summed E-state index contributed by atoms with van der Waals surface area (Å²) >= 11 is 0. The Balaban J connectivity index is 1.71. The van der Waals surface area contributed by atoms with E-state index in [2.05, 4.69) is 29.3 Å². The Bertz CT molecular complexity index is 2430. The van der Waals surface area contributed by atoms with Gasteiger partial charge in [0.2, 0.25) is 5.71 Å². The molecule has 0 unspecified atom stereocenters. The molecule has 7 heteroatoms. The van der Waals surface area contributed by atoms with Crippen LogP contribution in [0.1, 0.15) is 41.7 Å². The number of benzene rings is 5. The Labute approximate surface area is 279 Å². The molecule has 0 saturated carbocycles. The zero-order valence-corrected chi connectivity index (χ0v) is 27.1. The number of hydrogen-bond acceptors (Lipinski definition) is 5. The highest BCUT2D eigenvalue weighted by atomic mass is 16.3. The van der Waals surface area contributed by atoms with Crippen molar-refractivity contribution in [1.82, 2.24) is 0 Å². The fourth-order valence-corrected chi connectivity index (χ4v) is 7.52. The molecule has 7 nitrogen and oxygen atoms in total. The van der Waals surface area contributed by atoms with Gasteiger partial charge in [0, 0.05) is 47.0 Å². The van der Waals surface area contributed by atoms with Gasteiger partial charge in [-0.25, -0.2) is 14.7 Å². The lowest BCUT2D eigenvalue weighted by Crippen LogP contribution is -2.30. The van der Waals surface area contributed by atoms with Crippen LogP contribution >= 0.6 is 0 Å². The third-order valence-corrected chi connectivity index (χ3v) is 9.43. The van der Waals surface area contributed by atoms with Crippen molar-refractivity contribution in [2.45, 2.75) is 13.8 Å². The molecule has 5 aromatic rings. The minimum atomic E-state index is -0.362. The second-order valence-electron chi connectivity index (χ2n) is 12.0. The van der Waals surface area contributed by atoms with E-state index in [1.165, 1.54) is 0 Å². The molecule has 0 aromatic heterocycles. The fourth-order valence-electron chi connectivity index (χ4n) is 7.52. The largest absolute Gasteiger partial charge is 0.872 e. The van der Waals surface area contributed by atoms with Gasteiger partial charge in [-0.05, 0) is 65.8 Å². The SMILES string of the molecule is [C-]#[N+]/C(C#N)=C1C(c2c3ccccc3c(N(C)C)c3cccc(O)c23)=C([O-])C/1=C1\c2ccccc2C(=[N+](CC)CC)c2cccc(O)c21. The van der Waals surface area contributed by atoms with E-state index in [-0.39, 0.29) is 39.7 Å². The first kappa shape index (κ1) is 30.3. The Morgan fingerprint density at radius 1 is 0.771 bits per heavy atom. The number of nitriles is 1. The molecule has 0 spiro atoms. The van der Waals surface area contributed by atoms with Gasteiger partial charge in [0.05, 0.1) is 29.5 Å². The maximum absolute atomic E-state index is 15.0. The van der Waals surface area contributed by atoms with Crippen molar-refractivity contribution in [3.05, 3.63) is 147 Å². The van der Waals surface area contributed by atoms with E-state index in [9.17, 15) is 20.6 Å². The van der Waals surface area contributed by atoms with Gasteiger partial charge in [-0.1, -0.05) is 66.4 Å². The molecule has 0 atom stereocenters. The van der Waals surface area contributed by atoms with Crippen LogP contribution in [-0.2, 0) is 0 Å². The number of aromatic hydroxyl groups is 2. The lowest BCUT2D eigenvalue weighted by Gasteiger charge is -2.41. The number of anilines is 1. The average molecular weight is 629 g/mol. The molecule has 2 aliphatic carbocycles. The molecule has 0 amide bonds. The summed E-state index contributed by atoms with van der Waals surface area (Å²) in [5.74, 6) is -0.373. The van der Waals surface area contributed by atoms with Crippen LogP contribution in [0.25, 0.3) is 37.5 Å². The summed E-state index contributed by atoms with van der Waals surface area (Å²) in [5, 5.41) is 51.0. The van der Waals surface area contributed by atoms with Crippen molar-refractivity contribution in [2.24, 2.45) is 0 Å². The predicted molar refractivity (Wildman–Crippen MR) is 189 cm³/mol. The van der Waals surface area contributed by atoms with Gasteiger partial charge < -0.3 is 20.2 Å². The molecule has 7 rings (SSSR count). The van der Waals surface area contributed by atoms with Gasteiger partial charge in [-0.15, -0.1) is 0 Å². The molecule has 234 valence electrons. The summed E-state index contributed by atoms with van der Waals surface area (Å²) < 4.78 is 2.22. The zero-order valence-electron chi connectivity index (χ0n) is 27.1. The van der Waals surface area contributed by atoms with Crippen molar-refractivity contribution in [3.8, 4) is 17.6 Å². The highest BCUT2D eigenvalue weighted by molar-refractivity contribution is 6.26. The average Bonchev–Trinajstić information content (AvgIpc) is 3.09. The van der Waals surface area contributed by atoms with E-state index in [1.54, 1.807) is 24.3 Å². The smallest absolute Gasteiger partial charge is 0.270 e. The third kappa shape index (κ3) is 4.15. The second kappa shape index (κ2) is 11.5. The number of phenolic OH excluding ortho intramolecular Hbond substituents is 2. The van der Waals surface area contributed by atoms with Crippen LogP contribution in [0, 0.1) is 17.9 Å². The highest BCUT2D eigenvalue weighted by Gasteiger charge is 2.40. The Morgan fingerprint density at radius 2 is 1.38 bits per heavy atom. The summed E-state index contributed by atoms with van der Waals surface area (Å²) in [6.45, 7) is 13.7. The maximum atomic E-state index is 15.0. The minimum Gasteiger partial charge on any atom is -0.872 e. The van der Waals surface area contributed by atoms with Crippen molar-refractivity contribution < 1.29 is 19.9 Å². The Morgan fingerprint density at radius 3 is 2.04 bits per heavy atom. The molecule has 5 aromatic carbocycles. The molecule has 0 radical (unpaired) electrons. The third-order valence-electron chi connectivity index (χ3n) is 9.43. The Kier molecular flexibility index (Phi) is 7.27. The first-order chi connectivity index (χ1) is 23.3. The van der Waals surface area contributed by atoms with E-state index in [4.69, 9.17) is 6.57 Å². The van der Waals surface area contributed by atoms with Crippen LogP contribution in [0.2, 0.25) is 0 Å². The monoisotopic (exact) mass is 628 g/mol. The van der Waals surface area contributed by atoms with E-state index >= 15 is 0 Å². The van der Waals surface area contributed by atoms with Gasteiger partial charge >= 0.3 is 0 Å². The molecule has 48 heavy (non-hydrogen) atoms. The van der Waals surface area contributed by atoms with Crippen LogP contribution in [0.3, 0.4) is 0 Å². The maximum Gasteiger partial charge on any atom is 0.270 e. The molecule has 0 heterocycles. The van der Waals surface area contributed by atoms with Gasteiger partial charge in [-0.2, -0.15) is 0 Å². The van der Waals surface area contributed by atoms with Crippen molar-refractivity contribution >= 4 is 44.1 Å². The molecule has 0 fully saturated rings. The number of hydrogen-bond donors (Lipinski definition) is 2. The van der Waals surface area contributed by atoms with Crippen LogP contribution in [-0.4, -0.2) is 47.7 Å². The molecule has 0 aliphatic heterocycles. The molecule has 0 bridgehead atoms. The first-order valence-corrected chi connectivity index (χ1v) is 15.9. The second-order valence-corrected chi connectivity index (χ2v) is 12.0. The zero-order chi connectivity index (χ0) is 33.9. The fraction of sp³-hybridized carbons (Fsp3) is 0.146. The number of fused-ring (bicyclic) bond motifs is 4. The van der Waals surface area contributed by atoms with Crippen molar-refractivity contribution in [3.63, 3.8) is 0 Å².